The number of rotatable bonds is 4. The first kappa shape index (κ1) is 19.2. The summed E-state index contributed by atoms with van der Waals surface area (Å²) in [5.41, 5.74) is -1.60. The van der Waals surface area contributed by atoms with Gasteiger partial charge in [0, 0.05) is 0 Å². The van der Waals surface area contributed by atoms with Crippen molar-refractivity contribution in [2.45, 2.75) is 92.3 Å². The van der Waals surface area contributed by atoms with Crippen LogP contribution in [0, 0.1) is 33.5 Å². The molecule has 2 nitrogen and oxygen atoms in total. The molecule has 0 heterocycles. The lowest BCUT2D eigenvalue weighted by molar-refractivity contribution is 0.00161. The summed E-state index contributed by atoms with van der Waals surface area (Å²) in [7, 11) is 0. The summed E-state index contributed by atoms with van der Waals surface area (Å²) in [5.74, 6) is 1.48. The van der Waals surface area contributed by atoms with Gasteiger partial charge in [-0.05, 0) is 72.0 Å². The highest BCUT2D eigenvalue weighted by atomic mass is 32.9. The summed E-state index contributed by atoms with van der Waals surface area (Å²) in [5, 5.41) is 0. The van der Waals surface area contributed by atoms with Crippen LogP contribution in [-0.4, -0.2) is 12.2 Å². The molecule has 144 valence electrons. The average molecular weight is 402 g/mol. The molecular weight excluding hydrogens is 367 g/mol. The minimum absolute atomic E-state index is 0.184. The molecule has 0 radical (unpaired) electrons. The molecule has 0 spiro atoms. The second-order valence-corrected chi connectivity index (χ2v) is 15.8. The van der Waals surface area contributed by atoms with Crippen LogP contribution in [0.2, 0.25) is 0 Å². The van der Waals surface area contributed by atoms with E-state index >= 15 is 0 Å². The van der Waals surface area contributed by atoms with Crippen molar-refractivity contribution in [3.05, 3.63) is 0 Å². The maximum atomic E-state index is 6.47. The van der Waals surface area contributed by atoms with Gasteiger partial charge in [0.05, 0.1) is 17.9 Å². The van der Waals surface area contributed by atoms with E-state index in [-0.39, 0.29) is 23.0 Å². The van der Waals surface area contributed by atoms with Crippen LogP contribution in [0.1, 0.15) is 80.1 Å². The van der Waals surface area contributed by atoms with Crippen LogP contribution in [0.25, 0.3) is 0 Å². The summed E-state index contributed by atoms with van der Waals surface area (Å²) in [6.45, 7) is 14.4. The zero-order chi connectivity index (χ0) is 18.5. The van der Waals surface area contributed by atoms with Gasteiger partial charge in [-0.1, -0.05) is 53.3 Å². The summed E-state index contributed by atoms with van der Waals surface area (Å²) in [6, 6.07) is 0. The molecule has 6 atom stereocenters. The van der Waals surface area contributed by atoms with Crippen LogP contribution in [0.5, 0.6) is 0 Å². The van der Waals surface area contributed by atoms with E-state index in [0.29, 0.717) is 10.8 Å². The minimum atomic E-state index is -2.63. The third-order valence-electron chi connectivity index (χ3n) is 9.94. The smallest absolute Gasteiger partial charge is 0.0693 e. The van der Waals surface area contributed by atoms with Crippen molar-refractivity contribution < 1.29 is 9.05 Å². The molecular formula is C20H34O2PS2-. The third kappa shape index (κ3) is 2.46. The molecule has 4 bridgehead atoms. The predicted molar refractivity (Wildman–Crippen MR) is 110 cm³/mol. The normalized spacial score (nSPS) is 49.9. The van der Waals surface area contributed by atoms with Crippen LogP contribution in [0.4, 0.5) is 0 Å². The van der Waals surface area contributed by atoms with Gasteiger partial charge in [0.15, 0.2) is 0 Å². The number of hydrogen-bond acceptors (Lipinski definition) is 4. The van der Waals surface area contributed by atoms with Crippen molar-refractivity contribution in [2.24, 2.45) is 33.5 Å². The van der Waals surface area contributed by atoms with E-state index in [4.69, 9.17) is 33.1 Å². The maximum absolute atomic E-state index is 6.47. The molecule has 0 aromatic heterocycles. The Morgan fingerprint density at radius 3 is 1.40 bits per heavy atom. The number of hydrogen-bond donors (Lipinski definition) is 0. The second-order valence-electron chi connectivity index (χ2n) is 10.9. The quantitative estimate of drug-likeness (QED) is 0.411. The van der Waals surface area contributed by atoms with Gasteiger partial charge in [-0.15, -0.1) is 0 Å². The van der Waals surface area contributed by atoms with Crippen molar-refractivity contribution in [2.75, 3.05) is 0 Å². The molecule has 0 N–H and O–H groups in total. The number of fused-ring (bicyclic) bond motifs is 4. The second kappa shape index (κ2) is 5.50. The van der Waals surface area contributed by atoms with Gasteiger partial charge in [-0.25, -0.2) is 0 Å². The molecule has 4 fully saturated rings. The molecule has 0 amide bonds. The van der Waals surface area contributed by atoms with Crippen LogP contribution in [-0.2, 0) is 33.1 Å². The summed E-state index contributed by atoms with van der Waals surface area (Å²) in [4.78, 5) is 0. The average Bonchev–Trinajstić information content (AvgIpc) is 2.98. The highest BCUT2D eigenvalue weighted by Crippen LogP contribution is 2.71. The molecule has 25 heavy (non-hydrogen) atoms. The van der Waals surface area contributed by atoms with E-state index in [9.17, 15) is 0 Å². The lowest BCUT2D eigenvalue weighted by atomic mass is 9.70. The summed E-state index contributed by atoms with van der Waals surface area (Å²) < 4.78 is 12.9. The fraction of sp³-hybridized carbons (Fsp3) is 1.00. The fourth-order valence-corrected chi connectivity index (χ4v) is 9.47. The van der Waals surface area contributed by atoms with Gasteiger partial charge in [0.1, 0.15) is 0 Å². The standard InChI is InChI=1S/C20H35O2PS2/c1-17(2)13-7-9-19(17,5)15(11-13)21-23(24,25)22-16-12-14-8-10-20(16,6)18(14,3)4/h13-16H,7-12H2,1-6H3,(H,24,25)/p-1/t13-,14-,15-,16-,19-,20-/m1/s1. The Morgan fingerprint density at radius 2 is 1.16 bits per heavy atom. The molecule has 0 unspecified atom stereocenters. The molecule has 0 aromatic carbocycles. The molecule has 0 aromatic rings. The van der Waals surface area contributed by atoms with Crippen LogP contribution < -0.4 is 0 Å². The lowest BCUT2D eigenvalue weighted by Crippen LogP contribution is -2.38. The van der Waals surface area contributed by atoms with Gasteiger partial charge in [-0.3, -0.25) is 0 Å². The third-order valence-corrected chi connectivity index (χ3v) is 12.0. The largest absolute Gasteiger partial charge is 0.691 e. The fourth-order valence-electron chi connectivity index (χ4n) is 6.92. The van der Waals surface area contributed by atoms with Crippen molar-refractivity contribution in [3.8, 4) is 0 Å². The predicted octanol–water partition coefficient (Wildman–Crippen LogP) is 6.22. The van der Waals surface area contributed by atoms with Crippen LogP contribution in [0.3, 0.4) is 0 Å². The summed E-state index contributed by atoms with van der Waals surface area (Å²) in [6.07, 6.45) is 7.69. The van der Waals surface area contributed by atoms with Crippen LogP contribution >= 0.6 is 5.69 Å². The Labute approximate surface area is 164 Å². The Balaban J connectivity index is 1.49. The van der Waals surface area contributed by atoms with Gasteiger partial charge in [0.2, 0.25) is 0 Å². The van der Waals surface area contributed by atoms with E-state index in [1.165, 1.54) is 25.7 Å². The van der Waals surface area contributed by atoms with E-state index in [1.54, 1.807) is 0 Å². The Bertz CT molecular complexity index is 583. The Kier molecular flexibility index (Phi) is 4.23. The van der Waals surface area contributed by atoms with E-state index < -0.39 is 5.69 Å². The van der Waals surface area contributed by atoms with Gasteiger partial charge in [-0.2, -0.15) is 0 Å². The SMILES string of the molecule is CC1(C)[C@@H]2CC[C@]1(C)[C@H](OP(=S)([S-])O[C@@H]1C[C@H]3CC[C@@]1(C)C3(C)C)C2. The summed E-state index contributed by atoms with van der Waals surface area (Å²) >= 11 is 11.6. The molecule has 0 aliphatic heterocycles. The monoisotopic (exact) mass is 401 g/mol. The van der Waals surface area contributed by atoms with Crippen molar-refractivity contribution in [1.82, 2.24) is 0 Å². The minimum Gasteiger partial charge on any atom is -0.691 e. The molecule has 4 aliphatic rings. The first-order chi connectivity index (χ1) is 11.3. The van der Waals surface area contributed by atoms with Crippen LogP contribution in [0.15, 0.2) is 0 Å². The zero-order valence-corrected chi connectivity index (χ0v) is 19.2. The highest BCUT2D eigenvalue weighted by molar-refractivity contribution is 8.51. The highest BCUT2D eigenvalue weighted by Gasteiger charge is 2.64. The van der Waals surface area contributed by atoms with Crippen molar-refractivity contribution in [1.29, 1.82) is 0 Å². The molecule has 0 saturated heterocycles. The van der Waals surface area contributed by atoms with E-state index in [2.05, 4.69) is 41.5 Å². The topological polar surface area (TPSA) is 18.5 Å². The molecule has 4 saturated carbocycles. The lowest BCUT2D eigenvalue weighted by Gasteiger charge is -2.46. The molecule has 4 rings (SSSR count). The van der Waals surface area contributed by atoms with Crippen molar-refractivity contribution in [3.63, 3.8) is 0 Å². The zero-order valence-electron chi connectivity index (χ0n) is 16.6. The maximum Gasteiger partial charge on any atom is 0.0693 e. The molecule has 5 heteroatoms. The van der Waals surface area contributed by atoms with Gasteiger partial charge in [0.25, 0.3) is 0 Å². The first-order valence-corrected chi connectivity index (χ1v) is 13.7. The Hall–Kier alpha value is 0.920. The van der Waals surface area contributed by atoms with E-state index in [0.717, 1.165) is 24.7 Å². The van der Waals surface area contributed by atoms with Gasteiger partial charge >= 0.3 is 0 Å². The molecule has 4 aliphatic carbocycles. The Morgan fingerprint density at radius 1 is 0.800 bits per heavy atom. The van der Waals surface area contributed by atoms with Gasteiger partial charge < -0.3 is 21.3 Å². The first-order valence-electron chi connectivity index (χ1n) is 10.0. The van der Waals surface area contributed by atoms with E-state index in [1.807, 2.05) is 0 Å². The van der Waals surface area contributed by atoms with Crippen molar-refractivity contribution >= 4 is 29.7 Å².